The molecule has 0 spiro atoms. The summed E-state index contributed by atoms with van der Waals surface area (Å²) in [5.74, 6) is 0.295. The second-order valence-corrected chi connectivity index (χ2v) is 8.24. The Balaban J connectivity index is 1.20. The summed E-state index contributed by atoms with van der Waals surface area (Å²) >= 11 is 0. The minimum Gasteiger partial charge on any atom is -0.343 e. The molecule has 0 unspecified atom stereocenters. The van der Waals surface area contributed by atoms with Crippen molar-refractivity contribution in [3.8, 4) is 0 Å². The molecule has 1 saturated heterocycles. The van der Waals surface area contributed by atoms with Gasteiger partial charge in [0, 0.05) is 45.1 Å². The molecule has 0 bridgehead atoms. The number of benzene rings is 1. The van der Waals surface area contributed by atoms with Gasteiger partial charge in [-0.3, -0.25) is 14.4 Å². The molecule has 0 radical (unpaired) electrons. The second kappa shape index (κ2) is 7.12. The lowest BCUT2D eigenvalue weighted by Gasteiger charge is -2.32. The van der Waals surface area contributed by atoms with E-state index < -0.39 is 0 Å². The van der Waals surface area contributed by atoms with E-state index in [0.29, 0.717) is 18.4 Å². The van der Waals surface area contributed by atoms with Gasteiger partial charge < -0.3 is 4.90 Å². The van der Waals surface area contributed by atoms with Gasteiger partial charge in [-0.2, -0.15) is 5.10 Å². The van der Waals surface area contributed by atoms with Crippen LogP contribution >= 0.6 is 0 Å². The number of fused-ring (bicyclic) bond motifs is 2. The van der Waals surface area contributed by atoms with Gasteiger partial charge in [-0.25, -0.2) is 0 Å². The van der Waals surface area contributed by atoms with Crippen molar-refractivity contribution < 1.29 is 4.79 Å². The van der Waals surface area contributed by atoms with Crippen molar-refractivity contribution in [1.82, 2.24) is 19.6 Å². The number of nitrogens with zero attached hydrogens (tertiary/aromatic N) is 4. The molecule has 3 heterocycles. The first-order valence-corrected chi connectivity index (χ1v) is 10.4. The molecule has 0 N–H and O–H groups in total. The smallest absolute Gasteiger partial charge is 0.222 e. The molecule has 5 heteroatoms. The van der Waals surface area contributed by atoms with E-state index in [0.717, 1.165) is 57.7 Å². The second-order valence-electron chi connectivity index (χ2n) is 8.24. The third kappa shape index (κ3) is 3.41. The number of carbonyl (C=O) groups excluding carboxylic acids is 1. The Morgan fingerprint density at radius 2 is 1.78 bits per heavy atom. The summed E-state index contributed by atoms with van der Waals surface area (Å²) in [4.78, 5) is 16.9. The van der Waals surface area contributed by atoms with Gasteiger partial charge in [0.1, 0.15) is 0 Å². The molecule has 1 aromatic carbocycles. The van der Waals surface area contributed by atoms with E-state index >= 15 is 0 Å². The Bertz CT molecular complexity index is 812. The number of hydrogen-bond donors (Lipinski definition) is 0. The molecule has 5 rings (SSSR count). The van der Waals surface area contributed by atoms with Crippen LogP contribution in [0.4, 0.5) is 0 Å². The first-order chi connectivity index (χ1) is 13.3. The first kappa shape index (κ1) is 17.0. The Hall–Kier alpha value is -2.14. The van der Waals surface area contributed by atoms with E-state index in [1.165, 1.54) is 29.7 Å². The van der Waals surface area contributed by atoms with Gasteiger partial charge in [0.15, 0.2) is 0 Å². The van der Waals surface area contributed by atoms with E-state index in [4.69, 9.17) is 5.10 Å². The largest absolute Gasteiger partial charge is 0.343 e. The van der Waals surface area contributed by atoms with Crippen molar-refractivity contribution in [2.45, 2.75) is 57.7 Å². The summed E-state index contributed by atoms with van der Waals surface area (Å²) in [5.41, 5.74) is 5.42. The summed E-state index contributed by atoms with van der Waals surface area (Å²) in [7, 11) is 0. The number of hydrogen-bond acceptors (Lipinski definition) is 3. The topological polar surface area (TPSA) is 41.4 Å². The van der Waals surface area contributed by atoms with Crippen LogP contribution in [0.3, 0.4) is 0 Å². The van der Waals surface area contributed by atoms with Gasteiger partial charge >= 0.3 is 0 Å². The minimum absolute atomic E-state index is 0.295. The number of amides is 1. The maximum Gasteiger partial charge on any atom is 0.222 e. The molecule has 1 aliphatic carbocycles. The van der Waals surface area contributed by atoms with Crippen molar-refractivity contribution in [3.63, 3.8) is 0 Å². The first-order valence-electron chi connectivity index (χ1n) is 10.4. The normalized spacial score (nSPS) is 20.1. The van der Waals surface area contributed by atoms with Crippen LogP contribution in [0.5, 0.6) is 0 Å². The number of aromatic nitrogens is 2. The molecular formula is C22H28N4O. The average molecular weight is 364 g/mol. The van der Waals surface area contributed by atoms with Gasteiger partial charge in [-0.15, -0.1) is 0 Å². The number of rotatable bonds is 4. The average Bonchev–Trinajstić information content (AvgIpc) is 3.44. The Morgan fingerprint density at radius 3 is 2.52 bits per heavy atom. The minimum atomic E-state index is 0.295. The van der Waals surface area contributed by atoms with Crippen molar-refractivity contribution in [2.75, 3.05) is 19.6 Å². The highest BCUT2D eigenvalue weighted by atomic mass is 16.2. The van der Waals surface area contributed by atoms with Gasteiger partial charge in [0.25, 0.3) is 0 Å². The molecule has 27 heavy (non-hydrogen) atoms. The molecule has 0 atom stereocenters. The SMILES string of the molecule is O=C(CCc1cc2n(n1)CCN(C1Cc3ccccc3C1)C2)N1CCCC1. The molecule has 3 aliphatic rings. The maximum atomic E-state index is 12.3. The molecule has 1 aromatic heterocycles. The van der Waals surface area contributed by atoms with Crippen molar-refractivity contribution in [3.05, 3.63) is 52.8 Å². The highest BCUT2D eigenvalue weighted by Gasteiger charge is 2.29. The Kier molecular flexibility index (Phi) is 4.48. The number of likely N-dealkylation sites (tertiary alicyclic amines) is 1. The van der Waals surface area contributed by atoms with Crippen LogP contribution < -0.4 is 0 Å². The molecule has 1 fully saturated rings. The van der Waals surface area contributed by atoms with Crippen LogP contribution in [0.2, 0.25) is 0 Å². The lowest BCUT2D eigenvalue weighted by atomic mass is 10.1. The molecule has 2 aromatic rings. The monoisotopic (exact) mass is 364 g/mol. The number of carbonyl (C=O) groups is 1. The van der Waals surface area contributed by atoms with Crippen LogP contribution in [-0.4, -0.2) is 51.2 Å². The van der Waals surface area contributed by atoms with Crippen LogP contribution in [0.15, 0.2) is 30.3 Å². The lowest BCUT2D eigenvalue weighted by molar-refractivity contribution is -0.130. The Morgan fingerprint density at radius 1 is 1.04 bits per heavy atom. The molecule has 5 nitrogen and oxygen atoms in total. The fraction of sp³-hybridized carbons (Fsp3) is 0.545. The summed E-state index contributed by atoms with van der Waals surface area (Å²) in [5, 5.41) is 4.77. The summed E-state index contributed by atoms with van der Waals surface area (Å²) in [6.45, 7) is 4.89. The van der Waals surface area contributed by atoms with Crippen LogP contribution in [-0.2, 0) is 37.1 Å². The standard InChI is InChI=1S/C22H28N4O/c27-22(24-9-3-4-10-24)8-7-19-15-21-16-25(11-12-26(21)23-19)20-13-17-5-1-2-6-18(17)14-20/h1-2,5-6,15,20H,3-4,7-14,16H2. The zero-order chi connectivity index (χ0) is 18.2. The summed E-state index contributed by atoms with van der Waals surface area (Å²) in [6, 6.07) is 11.7. The predicted octanol–water partition coefficient (Wildman–Crippen LogP) is 2.42. The number of aryl methyl sites for hydroxylation is 1. The predicted molar refractivity (Wildman–Crippen MR) is 104 cm³/mol. The molecular weight excluding hydrogens is 336 g/mol. The summed E-state index contributed by atoms with van der Waals surface area (Å²) in [6.07, 6.45) is 6.02. The highest BCUT2D eigenvalue weighted by Crippen LogP contribution is 2.28. The van der Waals surface area contributed by atoms with Crippen LogP contribution in [0.1, 0.15) is 41.8 Å². The van der Waals surface area contributed by atoms with Crippen molar-refractivity contribution >= 4 is 5.91 Å². The van der Waals surface area contributed by atoms with Crippen LogP contribution in [0, 0.1) is 0 Å². The fourth-order valence-corrected chi connectivity index (χ4v) is 4.93. The lowest BCUT2D eigenvalue weighted by Crippen LogP contribution is -2.41. The van der Waals surface area contributed by atoms with Gasteiger partial charge in [0.2, 0.25) is 5.91 Å². The third-order valence-electron chi connectivity index (χ3n) is 6.48. The quantitative estimate of drug-likeness (QED) is 0.837. The fourth-order valence-electron chi connectivity index (χ4n) is 4.93. The highest BCUT2D eigenvalue weighted by molar-refractivity contribution is 5.76. The van der Waals surface area contributed by atoms with Crippen molar-refractivity contribution in [1.29, 1.82) is 0 Å². The van der Waals surface area contributed by atoms with E-state index in [-0.39, 0.29) is 0 Å². The van der Waals surface area contributed by atoms with Crippen molar-refractivity contribution in [2.24, 2.45) is 0 Å². The van der Waals surface area contributed by atoms with E-state index in [9.17, 15) is 4.79 Å². The van der Waals surface area contributed by atoms with Gasteiger partial charge in [-0.1, -0.05) is 24.3 Å². The molecule has 2 aliphatic heterocycles. The van der Waals surface area contributed by atoms with Gasteiger partial charge in [0.05, 0.1) is 17.9 Å². The zero-order valence-corrected chi connectivity index (χ0v) is 15.9. The van der Waals surface area contributed by atoms with Gasteiger partial charge in [-0.05, 0) is 42.9 Å². The van der Waals surface area contributed by atoms with E-state index in [1.807, 2.05) is 4.90 Å². The van der Waals surface area contributed by atoms with Crippen LogP contribution in [0.25, 0.3) is 0 Å². The van der Waals surface area contributed by atoms with E-state index in [2.05, 4.69) is 39.9 Å². The third-order valence-corrected chi connectivity index (χ3v) is 6.48. The maximum absolute atomic E-state index is 12.3. The molecule has 142 valence electrons. The van der Waals surface area contributed by atoms with E-state index in [1.54, 1.807) is 0 Å². The summed E-state index contributed by atoms with van der Waals surface area (Å²) < 4.78 is 2.16. The molecule has 1 amide bonds. The molecule has 0 saturated carbocycles. The Labute approximate surface area is 161 Å². The zero-order valence-electron chi connectivity index (χ0n) is 15.9.